The molecule has 1 N–H and O–H groups in total. The number of fused-ring (bicyclic) bond motifs is 1. The average Bonchev–Trinajstić information content (AvgIpc) is 2.74. The molecule has 0 aliphatic rings. The Labute approximate surface area is 172 Å². The number of rotatable bonds is 7. The number of halogens is 3. The second kappa shape index (κ2) is 9.07. The molecule has 30 heavy (non-hydrogen) atoms. The molecule has 0 radical (unpaired) electrons. The van der Waals surface area contributed by atoms with E-state index in [9.17, 15) is 18.0 Å². The van der Waals surface area contributed by atoms with Crippen LogP contribution in [-0.4, -0.2) is 25.8 Å². The third-order valence-corrected chi connectivity index (χ3v) is 4.76. The number of carbonyl (C=O) groups excluding carboxylic acids is 1. The molecular weight excluding hydrogens is 395 g/mol. The SMILES string of the molecule is COc1ccc2cc([C@H](C)C(=O)NCc3ccc(OCC(F)(F)F)cc3)ccc2c1. The number of amides is 1. The summed E-state index contributed by atoms with van der Waals surface area (Å²) in [4.78, 5) is 12.6. The van der Waals surface area contributed by atoms with E-state index in [0.717, 1.165) is 27.6 Å². The van der Waals surface area contributed by atoms with Crippen molar-refractivity contribution in [3.8, 4) is 11.5 Å². The van der Waals surface area contributed by atoms with E-state index in [4.69, 9.17) is 4.74 Å². The van der Waals surface area contributed by atoms with Gasteiger partial charge in [0.05, 0.1) is 13.0 Å². The van der Waals surface area contributed by atoms with E-state index >= 15 is 0 Å². The Kier molecular flexibility index (Phi) is 6.50. The quantitative estimate of drug-likeness (QED) is 0.574. The van der Waals surface area contributed by atoms with Gasteiger partial charge in [0.2, 0.25) is 5.91 Å². The minimum absolute atomic E-state index is 0.128. The lowest BCUT2D eigenvalue weighted by atomic mass is 9.97. The van der Waals surface area contributed by atoms with E-state index in [1.807, 2.05) is 43.3 Å². The Morgan fingerprint density at radius 2 is 1.60 bits per heavy atom. The second-order valence-corrected chi connectivity index (χ2v) is 6.96. The van der Waals surface area contributed by atoms with Crippen LogP contribution in [0.1, 0.15) is 24.0 Å². The van der Waals surface area contributed by atoms with Crippen LogP contribution in [0.25, 0.3) is 10.8 Å². The van der Waals surface area contributed by atoms with Gasteiger partial charge in [-0.05, 0) is 53.1 Å². The lowest BCUT2D eigenvalue weighted by molar-refractivity contribution is -0.153. The molecule has 0 heterocycles. The maximum Gasteiger partial charge on any atom is 0.422 e. The first-order valence-electron chi connectivity index (χ1n) is 9.39. The number of ether oxygens (including phenoxy) is 2. The molecule has 0 aromatic heterocycles. The summed E-state index contributed by atoms with van der Waals surface area (Å²) in [7, 11) is 1.62. The highest BCUT2D eigenvalue weighted by Crippen LogP contribution is 2.25. The van der Waals surface area contributed by atoms with Crippen molar-refractivity contribution < 1.29 is 27.4 Å². The van der Waals surface area contributed by atoms with Crippen molar-refractivity contribution in [2.75, 3.05) is 13.7 Å². The molecule has 0 spiro atoms. The predicted molar refractivity (Wildman–Crippen MR) is 109 cm³/mol. The highest BCUT2D eigenvalue weighted by molar-refractivity contribution is 5.88. The highest BCUT2D eigenvalue weighted by atomic mass is 19.4. The van der Waals surface area contributed by atoms with Gasteiger partial charge < -0.3 is 14.8 Å². The fourth-order valence-electron chi connectivity index (χ4n) is 3.00. The number of carbonyl (C=O) groups is 1. The second-order valence-electron chi connectivity index (χ2n) is 6.96. The molecule has 0 saturated carbocycles. The summed E-state index contributed by atoms with van der Waals surface area (Å²) < 4.78 is 46.5. The van der Waals surface area contributed by atoms with Gasteiger partial charge in [0.25, 0.3) is 0 Å². The van der Waals surface area contributed by atoms with Crippen LogP contribution in [-0.2, 0) is 11.3 Å². The minimum Gasteiger partial charge on any atom is -0.497 e. The zero-order valence-electron chi connectivity index (χ0n) is 16.6. The maximum atomic E-state index is 12.6. The first-order chi connectivity index (χ1) is 14.2. The van der Waals surface area contributed by atoms with Crippen LogP contribution in [0.3, 0.4) is 0 Å². The molecule has 7 heteroatoms. The molecule has 3 rings (SSSR count). The van der Waals surface area contributed by atoms with Crippen molar-refractivity contribution in [2.24, 2.45) is 0 Å². The molecule has 0 bridgehead atoms. The summed E-state index contributed by atoms with van der Waals surface area (Å²) in [5, 5.41) is 4.90. The molecule has 1 amide bonds. The summed E-state index contributed by atoms with van der Waals surface area (Å²) >= 11 is 0. The van der Waals surface area contributed by atoms with Gasteiger partial charge in [0.15, 0.2) is 6.61 Å². The van der Waals surface area contributed by atoms with E-state index in [0.29, 0.717) is 0 Å². The number of hydrogen-bond acceptors (Lipinski definition) is 3. The Morgan fingerprint density at radius 3 is 2.27 bits per heavy atom. The molecule has 0 aliphatic heterocycles. The van der Waals surface area contributed by atoms with Crippen molar-refractivity contribution in [1.82, 2.24) is 5.32 Å². The predicted octanol–water partition coefficient (Wildman–Crippen LogP) is 5.21. The van der Waals surface area contributed by atoms with E-state index in [-0.39, 0.29) is 24.1 Å². The lowest BCUT2D eigenvalue weighted by Crippen LogP contribution is -2.27. The topological polar surface area (TPSA) is 47.6 Å². The zero-order valence-corrected chi connectivity index (χ0v) is 16.6. The summed E-state index contributed by atoms with van der Waals surface area (Å²) in [6.07, 6.45) is -4.38. The fraction of sp³-hybridized carbons (Fsp3) is 0.261. The number of methoxy groups -OCH3 is 1. The third-order valence-electron chi connectivity index (χ3n) is 4.76. The molecule has 0 aliphatic carbocycles. The van der Waals surface area contributed by atoms with Crippen LogP contribution < -0.4 is 14.8 Å². The van der Waals surface area contributed by atoms with Gasteiger partial charge in [-0.1, -0.05) is 36.4 Å². The normalized spacial score (nSPS) is 12.4. The van der Waals surface area contributed by atoms with Gasteiger partial charge in [-0.15, -0.1) is 0 Å². The monoisotopic (exact) mass is 417 g/mol. The van der Waals surface area contributed by atoms with Crippen molar-refractivity contribution in [2.45, 2.75) is 25.6 Å². The van der Waals surface area contributed by atoms with E-state index < -0.39 is 12.8 Å². The van der Waals surface area contributed by atoms with Crippen molar-refractivity contribution >= 4 is 16.7 Å². The Hall–Kier alpha value is -3.22. The van der Waals surface area contributed by atoms with Crippen molar-refractivity contribution in [1.29, 1.82) is 0 Å². The van der Waals surface area contributed by atoms with Crippen LogP contribution in [0.4, 0.5) is 13.2 Å². The Balaban J connectivity index is 1.58. The Morgan fingerprint density at radius 1 is 0.967 bits per heavy atom. The van der Waals surface area contributed by atoms with Gasteiger partial charge in [-0.25, -0.2) is 0 Å². The van der Waals surface area contributed by atoms with Gasteiger partial charge >= 0.3 is 6.18 Å². The van der Waals surface area contributed by atoms with E-state index in [1.165, 1.54) is 12.1 Å². The van der Waals surface area contributed by atoms with Crippen molar-refractivity contribution in [3.63, 3.8) is 0 Å². The lowest BCUT2D eigenvalue weighted by Gasteiger charge is -2.14. The van der Waals surface area contributed by atoms with Crippen molar-refractivity contribution in [3.05, 3.63) is 71.8 Å². The zero-order chi connectivity index (χ0) is 21.7. The number of benzene rings is 3. The summed E-state index contributed by atoms with van der Waals surface area (Å²) in [5.41, 5.74) is 1.65. The average molecular weight is 417 g/mol. The maximum absolute atomic E-state index is 12.6. The fourth-order valence-corrected chi connectivity index (χ4v) is 3.00. The van der Waals surface area contributed by atoms with E-state index in [2.05, 4.69) is 10.1 Å². The Bertz CT molecular complexity index is 1020. The molecule has 1 atom stereocenters. The largest absolute Gasteiger partial charge is 0.497 e. The molecule has 0 unspecified atom stereocenters. The molecule has 3 aromatic carbocycles. The molecule has 0 saturated heterocycles. The van der Waals surface area contributed by atoms with Crippen LogP contribution in [0.2, 0.25) is 0 Å². The smallest absolute Gasteiger partial charge is 0.422 e. The summed E-state index contributed by atoms with van der Waals surface area (Å²) in [6.45, 7) is 0.765. The third kappa shape index (κ3) is 5.65. The number of alkyl halides is 3. The first kappa shape index (κ1) is 21.5. The van der Waals surface area contributed by atoms with Crippen LogP contribution >= 0.6 is 0 Å². The summed E-state index contributed by atoms with van der Waals surface area (Å²) in [5.74, 6) is 0.408. The first-order valence-corrected chi connectivity index (χ1v) is 9.39. The number of nitrogens with one attached hydrogen (secondary N) is 1. The standard InChI is InChI=1S/C23H22F3NO3/c1-15(17-5-6-19-12-21(29-2)10-7-18(19)11-17)22(28)27-13-16-3-8-20(9-4-16)30-14-23(24,25)26/h3-12,15H,13-14H2,1-2H3,(H,27,28)/t15-/m0/s1. The van der Waals surface area contributed by atoms with Crippen LogP contribution in [0.15, 0.2) is 60.7 Å². The number of hydrogen-bond donors (Lipinski definition) is 1. The molecule has 158 valence electrons. The van der Waals surface area contributed by atoms with Gasteiger partial charge in [0.1, 0.15) is 11.5 Å². The molecule has 4 nitrogen and oxygen atoms in total. The van der Waals surface area contributed by atoms with E-state index in [1.54, 1.807) is 19.2 Å². The van der Waals surface area contributed by atoms with Crippen LogP contribution in [0, 0.1) is 0 Å². The minimum atomic E-state index is -4.38. The molecule has 3 aromatic rings. The van der Waals surface area contributed by atoms with Gasteiger partial charge in [-0.2, -0.15) is 13.2 Å². The van der Waals surface area contributed by atoms with Crippen LogP contribution in [0.5, 0.6) is 11.5 Å². The molecular formula is C23H22F3NO3. The van der Waals surface area contributed by atoms with Gasteiger partial charge in [-0.3, -0.25) is 4.79 Å². The van der Waals surface area contributed by atoms with Gasteiger partial charge in [0, 0.05) is 6.54 Å². The summed E-state index contributed by atoms with van der Waals surface area (Å²) in [6, 6.07) is 17.8. The highest BCUT2D eigenvalue weighted by Gasteiger charge is 2.28. The molecule has 0 fully saturated rings.